The number of nitrogens with two attached hydrogens (primary N) is 1. The number of urea groups is 1. The molecule has 1 aromatic carbocycles. The van der Waals surface area contributed by atoms with E-state index in [4.69, 9.17) is 10.5 Å². The molecule has 0 saturated carbocycles. The Morgan fingerprint density at radius 2 is 2.04 bits per heavy atom. The van der Waals surface area contributed by atoms with Crippen molar-refractivity contribution in [3.63, 3.8) is 0 Å². The molecule has 3 rings (SSSR count). The maximum absolute atomic E-state index is 14.5. The first-order chi connectivity index (χ1) is 12.6. The SMILES string of the molecule is CN1C(N)=N[C@](C)(c2cc(NC(=O)N3CCOCC3)ccc2F)CS1(=O)=O. The smallest absolute Gasteiger partial charge is 0.321 e. The molecule has 1 atom stereocenters. The molecule has 0 radical (unpaired) electrons. The zero-order valence-corrected chi connectivity index (χ0v) is 15.9. The number of carbonyl (C=O) groups is 1. The van der Waals surface area contributed by atoms with Crippen molar-refractivity contribution in [2.24, 2.45) is 10.7 Å². The van der Waals surface area contributed by atoms with Crippen LogP contribution in [0.15, 0.2) is 23.2 Å². The summed E-state index contributed by atoms with van der Waals surface area (Å²) < 4.78 is 45.2. The third-order valence-corrected chi connectivity index (χ3v) is 6.61. The van der Waals surface area contributed by atoms with Crippen molar-refractivity contribution in [3.8, 4) is 0 Å². The Morgan fingerprint density at radius 1 is 1.37 bits per heavy atom. The highest BCUT2D eigenvalue weighted by molar-refractivity contribution is 7.89. The number of hydrogen-bond acceptors (Lipinski definition) is 6. The Labute approximate surface area is 157 Å². The van der Waals surface area contributed by atoms with Crippen molar-refractivity contribution in [1.82, 2.24) is 9.21 Å². The van der Waals surface area contributed by atoms with Gasteiger partial charge in [0.15, 0.2) is 0 Å². The number of hydrogen-bond donors (Lipinski definition) is 2. The maximum atomic E-state index is 14.5. The van der Waals surface area contributed by atoms with E-state index in [-0.39, 0.29) is 17.6 Å². The first kappa shape index (κ1) is 19.4. The highest BCUT2D eigenvalue weighted by Gasteiger charge is 2.41. The summed E-state index contributed by atoms with van der Waals surface area (Å²) in [6.07, 6.45) is 0. The van der Waals surface area contributed by atoms with Crippen molar-refractivity contribution < 1.29 is 22.3 Å². The zero-order chi connectivity index (χ0) is 19.8. The molecule has 2 aliphatic heterocycles. The normalized spacial score (nSPS) is 25.1. The summed E-state index contributed by atoms with van der Waals surface area (Å²) in [6, 6.07) is 3.65. The highest BCUT2D eigenvalue weighted by atomic mass is 32.2. The van der Waals surface area contributed by atoms with Gasteiger partial charge in [0, 0.05) is 31.4 Å². The standard InChI is InChI=1S/C16H22FN5O4S/c1-16(10-27(24,25)21(2)14(18)20-16)12-9-11(3-4-13(12)17)19-15(23)22-5-7-26-8-6-22/h3-4,9H,5-8,10H2,1-2H3,(H2,18,20)(H,19,23)/t16-/m0/s1. The van der Waals surface area contributed by atoms with Crippen LogP contribution in [0.1, 0.15) is 12.5 Å². The van der Waals surface area contributed by atoms with Gasteiger partial charge in [-0.2, -0.15) is 0 Å². The lowest BCUT2D eigenvalue weighted by Gasteiger charge is -2.34. The molecule has 1 fully saturated rings. The minimum absolute atomic E-state index is 0.0434. The van der Waals surface area contributed by atoms with Crippen LogP contribution in [0.4, 0.5) is 14.9 Å². The van der Waals surface area contributed by atoms with Gasteiger partial charge in [-0.15, -0.1) is 0 Å². The molecule has 9 nitrogen and oxygen atoms in total. The van der Waals surface area contributed by atoms with Crippen LogP contribution < -0.4 is 11.1 Å². The largest absolute Gasteiger partial charge is 0.378 e. The van der Waals surface area contributed by atoms with Crippen LogP contribution in [0, 0.1) is 5.82 Å². The van der Waals surface area contributed by atoms with E-state index < -0.39 is 27.1 Å². The molecule has 0 aromatic heterocycles. The number of rotatable bonds is 2. The number of benzene rings is 1. The second kappa shape index (κ2) is 6.97. The number of carbonyl (C=O) groups excluding carboxylic acids is 1. The Balaban J connectivity index is 1.90. The van der Waals surface area contributed by atoms with Gasteiger partial charge in [0.25, 0.3) is 0 Å². The monoisotopic (exact) mass is 399 g/mol. The van der Waals surface area contributed by atoms with Crippen LogP contribution in [0.2, 0.25) is 0 Å². The van der Waals surface area contributed by atoms with Crippen molar-refractivity contribution in [2.45, 2.75) is 12.5 Å². The van der Waals surface area contributed by atoms with Crippen LogP contribution in [-0.2, 0) is 20.3 Å². The lowest BCUT2D eigenvalue weighted by atomic mass is 9.93. The molecule has 3 N–H and O–H groups in total. The lowest BCUT2D eigenvalue weighted by molar-refractivity contribution is 0.0564. The third-order valence-electron chi connectivity index (χ3n) is 4.66. The van der Waals surface area contributed by atoms with Crippen LogP contribution >= 0.6 is 0 Å². The van der Waals surface area contributed by atoms with Crippen molar-refractivity contribution in [1.29, 1.82) is 0 Å². The van der Waals surface area contributed by atoms with Crippen LogP contribution in [-0.4, -0.2) is 68.7 Å². The van der Waals surface area contributed by atoms with Crippen molar-refractivity contribution >= 4 is 27.7 Å². The number of nitrogens with zero attached hydrogens (tertiary/aromatic N) is 3. The molecule has 1 saturated heterocycles. The summed E-state index contributed by atoms with van der Waals surface area (Å²) in [7, 11) is -2.44. The van der Waals surface area contributed by atoms with Gasteiger partial charge in [-0.25, -0.2) is 26.9 Å². The van der Waals surface area contributed by atoms with E-state index in [9.17, 15) is 17.6 Å². The fourth-order valence-corrected chi connectivity index (χ4v) is 4.52. The van der Waals surface area contributed by atoms with Crippen LogP contribution in [0.3, 0.4) is 0 Å². The predicted molar refractivity (Wildman–Crippen MR) is 98.3 cm³/mol. The summed E-state index contributed by atoms with van der Waals surface area (Å²) in [6.45, 7) is 3.33. The van der Waals surface area contributed by atoms with Gasteiger partial charge in [0.05, 0.1) is 19.0 Å². The molecular formula is C16H22FN5O4S. The zero-order valence-electron chi connectivity index (χ0n) is 15.1. The molecule has 27 heavy (non-hydrogen) atoms. The van der Waals surface area contributed by atoms with E-state index in [2.05, 4.69) is 10.3 Å². The van der Waals surface area contributed by atoms with E-state index in [1.807, 2.05) is 0 Å². The summed E-state index contributed by atoms with van der Waals surface area (Å²) in [4.78, 5) is 18.1. The van der Waals surface area contributed by atoms with Crippen LogP contribution in [0.5, 0.6) is 0 Å². The first-order valence-electron chi connectivity index (χ1n) is 8.38. The van der Waals surface area contributed by atoms with E-state index in [1.54, 1.807) is 4.90 Å². The Bertz CT molecular complexity index is 885. The molecule has 2 heterocycles. The lowest BCUT2D eigenvalue weighted by Crippen LogP contribution is -2.50. The molecule has 148 valence electrons. The van der Waals surface area contributed by atoms with Gasteiger partial charge in [0.2, 0.25) is 16.0 Å². The van der Waals surface area contributed by atoms with Gasteiger partial charge in [-0.05, 0) is 25.1 Å². The molecule has 0 aliphatic carbocycles. The Kier molecular flexibility index (Phi) is 5.00. The second-order valence-corrected chi connectivity index (χ2v) is 8.69. The van der Waals surface area contributed by atoms with Gasteiger partial charge in [-0.3, -0.25) is 0 Å². The summed E-state index contributed by atoms with van der Waals surface area (Å²) >= 11 is 0. The minimum atomic E-state index is -3.73. The second-order valence-electron chi connectivity index (χ2n) is 6.69. The van der Waals surface area contributed by atoms with E-state index >= 15 is 0 Å². The summed E-state index contributed by atoms with van der Waals surface area (Å²) in [5.41, 5.74) is 4.70. The van der Waals surface area contributed by atoms with Crippen molar-refractivity contribution in [2.75, 3.05) is 44.4 Å². The average Bonchev–Trinajstić information content (AvgIpc) is 2.61. The number of anilines is 1. The number of amides is 2. The number of morpholine rings is 1. The molecule has 2 aliphatic rings. The number of guanidine groups is 1. The molecule has 0 unspecified atom stereocenters. The molecule has 2 amide bonds. The van der Waals surface area contributed by atoms with E-state index in [1.165, 1.54) is 32.2 Å². The van der Waals surface area contributed by atoms with Gasteiger partial charge >= 0.3 is 6.03 Å². The molecule has 11 heteroatoms. The molecule has 0 bridgehead atoms. The number of halogens is 1. The van der Waals surface area contributed by atoms with Crippen LogP contribution in [0.25, 0.3) is 0 Å². The number of nitrogens with one attached hydrogen (secondary N) is 1. The maximum Gasteiger partial charge on any atom is 0.321 e. The van der Waals surface area contributed by atoms with Gasteiger partial charge < -0.3 is 20.7 Å². The Hall–Kier alpha value is -2.40. The highest BCUT2D eigenvalue weighted by Crippen LogP contribution is 2.34. The third kappa shape index (κ3) is 3.83. The van der Waals surface area contributed by atoms with Crippen molar-refractivity contribution in [3.05, 3.63) is 29.6 Å². The average molecular weight is 399 g/mol. The predicted octanol–water partition coefficient (Wildman–Crippen LogP) is 0.495. The van der Waals surface area contributed by atoms with E-state index in [0.29, 0.717) is 32.0 Å². The topological polar surface area (TPSA) is 117 Å². The molecule has 0 spiro atoms. The molecular weight excluding hydrogens is 377 g/mol. The fourth-order valence-electron chi connectivity index (χ4n) is 3.07. The summed E-state index contributed by atoms with van der Waals surface area (Å²) in [5, 5.41) is 2.70. The molecule has 1 aromatic rings. The Morgan fingerprint density at radius 3 is 2.67 bits per heavy atom. The van der Waals surface area contributed by atoms with Gasteiger partial charge in [-0.1, -0.05) is 0 Å². The fraction of sp³-hybridized carbons (Fsp3) is 0.500. The number of aliphatic imine (C=N–C) groups is 1. The van der Waals surface area contributed by atoms with E-state index in [0.717, 1.165) is 4.31 Å². The minimum Gasteiger partial charge on any atom is -0.378 e. The summed E-state index contributed by atoms with van der Waals surface area (Å²) in [5.74, 6) is -1.28. The first-order valence-corrected chi connectivity index (χ1v) is 9.99. The van der Waals surface area contributed by atoms with Gasteiger partial charge in [0.1, 0.15) is 11.4 Å². The number of ether oxygens (including phenoxy) is 1. The number of sulfonamides is 1. The quantitative estimate of drug-likeness (QED) is 0.751.